The molecule has 0 radical (unpaired) electrons. The highest BCUT2D eigenvalue weighted by Crippen LogP contribution is 2.27. The van der Waals surface area contributed by atoms with Crippen LogP contribution in [-0.4, -0.2) is 21.4 Å². The quantitative estimate of drug-likeness (QED) is 0.837. The molecule has 0 unspecified atom stereocenters. The maximum atomic E-state index is 12.4. The number of hydrogen-bond donors (Lipinski definition) is 1. The van der Waals surface area contributed by atoms with Crippen molar-refractivity contribution in [1.29, 1.82) is 0 Å². The topological polar surface area (TPSA) is 54.9 Å². The molecule has 6 heteroatoms. The third kappa shape index (κ3) is 4.12. The van der Waals surface area contributed by atoms with E-state index in [2.05, 4.69) is 33.7 Å². The third-order valence-electron chi connectivity index (χ3n) is 4.22. The Labute approximate surface area is 145 Å². The molecule has 1 amide bonds. The van der Waals surface area contributed by atoms with Crippen molar-refractivity contribution in [2.45, 2.75) is 55.2 Å². The Balaban J connectivity index is 1.61. The fourth-order valence-electron chi connectivity index (χ4n) is 2.86. The minimum absolute atomic E-state index is 0.0206. The summed E-state index contributed by atoms with van der Waals surface area (Å²) in [4.78, 5) is 12.4. The normalized spacial score (nSPS) is 16.4. The average molecular weight is 348 g/mol. The molecule has 1 aromatic heterocycles. The molecule has 1 heterocycles. The van der Waals surface area contributed by atoms with Crippen LogP contribution in [-0.2, 0) is 17.6 Å². The van der Waals surface area contributed by atoms with Gasteiger partial charge in [0, 0.05) is 0 Å². The number of amides is 1. The first-order chi connectivity index (χ1) is 11.1. The maximum Gasteiger partial charge on any atom is 0.233 e. The number of thioether (sulfide) groups is 1. The van der Waals surface area contributed by atoms with Gasteiger partial charge in [-0.3, -0.25) is 4.79 Å². The van der Waals surface area contributed by atoms with Gasteiger partial charge in [0.15, 0.2) is 4.34 Å². The number of fused-ring (bicyclic) bond motifs is 1. The van der Waals surface area contributed by atoms with Gasteiger partial charge in [-0.2, -0.15) is 0 Å². The second-order valence-electron chi connectivity index (χ2n) is 5.93. The van der Waals surface area contributed by atoms with Crippen LogP contribution in [0.15, 0.2) is 28.0 Å². The number of aromatic nitrogens is 2. The van der Waals surface area contributed by atoms with Crippen molar-refractivity contribution in [2.75, 3.05) is 0 Å². The van der Waals surface area contributed by atoms with Crippen molar-refractivity contribution < 1.29 is 4.79 Å². The van der Waals surface area contributed by atoms with E-state index < -0.39 is 0 Å². The molecule has 23 heavy (non-hydrogen) atoms. The van der Waals surface area contributed by atoms with E-state index in [1.807, 2.05) is 13.8 Å². The van der Waals surface area contributed by atoms with E-state index in [-0.39, 0.29) is 17.2 Å². The molecular formula is C17H21N3OS2. The van der Waals surface area contributed by atoms with E-state index in [0.29, 0.717) is 0 Å². The summed E-state index contributed by atoms with van der Waals surface area (Å²) < 4.78 is 0.828. The zero-order valence-corrected chi connectivity index (χ0v) is 15.0. The minimum atomic E-state index is -0.178. The standard InChI is InChI=1S/C17H21N3OS2/c1-11(14-8-7-13-5-3-4-6-15(13)9-14)19-16(21)12(2)23-17-20-18-10-22-17/h7-12H,3-6H2,1-2H3,(H,19,21)/t11-,12+/m1/s1. The van der Waals surface area contributed by atoms with Crippen molar-refractivity contribution in [3.8, 4) is 0 Å². The molecule has 2 aromatic rings. The van der Waals surface area contributed by atoms with Crippen molar-refractivity contribution in [3.63, 3.8) is 0 Å². The van der Waals surface area contributed by atoms with E-state index in [1.54, 1.807) is 5.51 Å². The maximum absolute atomic E-state index is 12.4. The SMILES string of the molecule is C[C@H](Sc1nncs1)C(=O)N[C@H](C)c1ccc2c(c1)CCCC2. The van der Waals surface area contributed by atoms with Crippen molar-refractivity contribution in [3.05, 3.63) is 40.4 Å². The lowest BCUT2D eigenvalue weighted by Crippen LogP contribution is -2.33. The molecule has 1 aliphatic rings. The van der Waals surface area contributed by atoms with Crippen LogP contribution in [0.4, 0.5) is 0 Å². The Morgan fingerprint density at radius 3 is 2.78 bits per heavy atom. The Morgan fingerprint density at radius 1 is 1.26 bits per heavy atom. The molecule has 0 saturated carbocycles. The second kappa shape index (κ2) is 7.45. The lowest BCUT2D eigenvalue weighted by molar-refractivity contribution is -0.120. The zero-order chi connectivity index (χ0) is 16.2. The lowest BCUT2D eigenvalue weighted by atomic mass is 9.89. The largest absolute Gasteiger partial charge is 0.349 e. The van der Waals surface area contributed by atoms with Crippen LogP contribution in [0, 0.1) is 0 Å². The molecule has 1 aliphatic carbocycles. The van der Waals surface area contributed by atoms with Crippen molar-refractivity contribution >= 4 is 29.0 Å². The number of hydrogen-bond acceptors (Lipinski definition) is 5. The average Bonchev–Trinajstić information content (AvgIpc) is 3.07. The van der Waals surface area contributed by atoms with Crippen LogP contribution in [0.25, 0.3) is 0 Å². The number of aryl methyl sites for hydroxylation is 2. The molecule has 0 fully saturated rings. The van der Waals surface area contributed by atoms with Gasteiger partial charge in [-0.05, 0) is 56.2 Å². The highest BCUT2D eigenvalue weighted by molar-refractivity contribution is 8.02. The number of carbonyl (C=O) groups is 1. The fourth-order valence-corrected chi connectivity index (χ4v) is 4.49. The number of nitrogens with zero attached hydrogens (tertiary/aromatic N) is 2. The van der Waals surface area contributed by atoms with Gasteiger partial charge in [-0.25, -0.2) is 0 Å². The molecule has 0 bridgehead atoms. The van der Waals surface area contributed by atoms with Gasteiger partial charge in [-0.15, -0.1) is 10.2 Å². The highest BCUT2D eigenvalue weighted by Gasteiger charge is 2.19. The van der Waals surface area contributed by atoms with E-state index in [1.165, 1.54) is 59.1 Å². The third-order valence-corrected chi connectivity index (χ3v) is 6.13. The van der Waals surface area contributed by atoms with Crippen LogP contribution in [0.2, 0.25) is 0 Å². The van der Waals surface area contributed by atoms with E-state index >= 15 is 0 Å². The van der Waals surface area contributed by atoms with Crippen LogP contribution < -0.4 is 5.32 Å². The summed E-state index contributed by atoms with van der Waals surface area (Å²) in [5.74, 6) is 0.0374. The number of nitrogens with one attached hydrogen (secondary N) is 1. The van der Waals surface area contributed by atoms with Crippen molar-refractivity contribution in [1.82, 2.24) is 15.5 Å². The van der Waals surface area contributed by atoms with Crippen LogP contribution in [0.3, 0.4) is 0 Å². The molecule has 1 N–H and O–H groups in total. The number of benzene rings is 1. The van der Waals surface area contributed by atoms with E-state index in [4.69, 9.17) is 0 Å². The molecule has 1 aromatic carbocycles. The summed E-state index contributed by atoms with van der Waals surface area (Å²) in [5.41, 5.74) is 5.79. The molecule has 4 nitrogen and oxygen atoms in total. The van der Waals surface area contributed by atoms with Gasteiger partial charge in [0.1, 0.15) is 5.51 Å². The van der Waals surface area contributed by atoms with Gasteiger partial charge in [0.25, 0.3) is 0 Å². The van der Waals surface area contributed by atoms with Gasteiger partial charge in [0.2, 0.25) is 5.91 Å². The Hall–Kier alpha value is -1.40. The molecule has 3 rings (SSSR count). The molecule has 122 valence electrons. The Bertz CT molecular complexity index is 672. The molecule has 0 spiro atoms. The second-order valence-corrected chi connectivity index (χ2v) is 8.35. The predicted molar refractivity (Wildman–Crippen MR) is 94.9 cm³/mol. The minimum Gasteiger partial charge on any atom is -0.349 e. The lowest BCUT2D eigenvalue weighted by Gasteiger charge is -2.21. The highest BCUT2D eigenvalue weighted by atomic mass is 32.2. The molecule has 2 atom stereocenters. The Kier molecular flexibility index (Phi) is 5.33. The summed E-state index contributed by atoms with van der Waals surface area (Å²) in [5, 5.41) is 10.7. The van der Waals surface area contributed by atoms with Crippen molar-refractivity contribution in [2.24, 2.45) is 0 Å². The first kappa shape index (κ1) is 16.5. The number of rotatable bonds is 5. The van der Waals surface area contributed by atoms with Gasteiger partial charge >= 0.3 is 0 Å². The van der Waals surface area contributed by atoms with E-state index in [9.17, 15) is 4.79 Å². The predicted octanol–water partition coefficient (Wildman–Crippen LogP) is 3.77. The van der Waals surface area contributed by atoms with Crippen LogP contribution >= 0.6 is 23.1 Å². The summed E-state index contributed by atoms with van der Waals surface area (Å²) in [6.07, 6.45) is 4.91. The van der Waals surface area contributed by atoms with Gasteiger partial charge < -0.3 is 5.32 Å². The summed E-state index contributed by atoms with van der Waals surface area (Å²) in [6.45, 7) is 3.95. The van der Waals surface area contributed by atoms with Gasteiger partial charge in [-0.1, -0.05) is 41.3 Å². The Morgan fingerprint density at radius 2 is 2.04 bits per heavy atom. The summed E-state index contributed by atoms with van der Waals surface area (Å²) >= 11 is 2.91. The van der Waals surface area contributed by atoms with Crippen LogP contribution in [0.5, 0.6) is 0 Å². The summed E-state index contributed by atoms with van der Waals surface area (Å²) in [6, 6.07) is 6.66. The monoisotopic (exact) mass is 347 g/mol. The fraction of sp³-hybridized carbons (Fsp3) is 0.471. The van der Waals surface area contributed by atoms with Gasteiger partial charge in [0.05, 0.1) is 11.3 Å². The molecular weight excluding hydrogens is 326 g/mol. The smallest absolute Gasteiger partial charge is 0.233 e. The molecule has 0 aliphatic heterocycles. The first-order valence-electron chi connectivity index (χ1n) is 7.98. The zero-order valence-electron chi connectivity index (χ0n) is 13.4. The van der Waals surface area contributed by atoms with E-state index in [0.717, 1.165) is 10.8 Å². The first-order valence-corrected chi connectivity index (χ1v) is 9.74. The van der Waals surface area contributed by atoms with Crippen LogP contribution in [0.1, 0.15) is 49.4 Å². The number of carbonyl (C=O) groups excluding carboxylic acids is 1. The molecule has 0 saturated heterocycles. The summed E-state index contributed by atoms with van der Waals surface area (Å²) in [7, 11) is 0.